The van der Waals surface area contributed by atoms with E-state index in [0.29, 0.717) is 22.4 Å². The first-order valence-corrected chi connectivity index (χ1v) is 10.3. The van der Waals surface area contributed by atoms with Gasteiger partial charge >= 0.3 is 5.97 Å². The molecule has 0 unspecified atom stereocenters. The van der Waals surface area contributed by atoms with Crippen molar-refractivity contribution in [3.05, 3.63) is 64.1 Å². The number of hydrogen-bond donors (Lipinski definition) is 2. The summed E-state index contributed by atoms with van der Waals surface area (Å²) < 4.78 is 18.9. The molecule has 5 nitrogen and oxygen atoms in total. The molecule has 0 aliphatic rings. The Morgan fingerprint density at radius 3 is 2.93 bits per heavy atom. The van der Waals surface area contributed by atoms with Gasteiger partial charge in [-0.05, 0) is 44.2 Å². The van der Waals surface area contributed by atoms with Gasteiger partial charge in [-0.2, -0.15) is 0 Å². The van der Waals surface area contributed by atoms with Crippen molar-refractivity contribution in [2.75, 3.05) is 6.61 Å². The number of aromatic nitrogens is 1. The molecule has 0 amide bonds. The van der Waals surface area contributed by atoms with Gasteiger partial charge in [0, 0.05) is 28.1 Å². The molecular weight excluding hydrogens is 423 g/mol. The largest absolute Gasteiger partial charge is 0.501 e. The van der Waals surface area contributed by atoms with E-state index >= 15 is 0 Å². The number of nitrogens with two attached hydrogens (primary N) is 1. The first-order chi connectivity index (χ1) is 13.2. The van der Waals surface area contributed by atoms with Gasteiger partial charge in [0.2, 0.25) is 0 Å². The fourth-order valence-electron chi connectivity index (χ4n) is 1.96. The molecule has 0 spiro atoms. The average Bonchev–Trinajstić information content (AvgIpc) is 3.04. The summed E-state index contributed by atoms with van der Waals surface area (Å²) in [6, 6.07) is 4.29. The minimum atomic E-state index is -0.926. The summed E-state index contributed by atoms with van der Waals surface area (Å²) in [6.07, 6.45) is 5.18. The van der Waals surface area contributed by atoms with Gasteiger partial charge < -0.3 is 15.6 Å². The highest BCUT2D eigenvalue weighted by atomic mass is 35.5. The molecule has 0 saturated carbocycles. The molecule has 0 bridgehead atoms. The maximum absolute atomic E-state index is 13.8. The lowest BCUT2D eigenvalue weighted by Crippen LogP contribution is -2.26. The summed E-state index contributed by atoms with van der Waals surface area (Å²) in [5.41, 5.74) is 7.21. The maximum atomic E-state index is 13.8. The van der Waals surface area contributed by atoms with E-state index < -0.39 is 16.5 Å². The number of carboxylic acids is 1. The number of nitrogens with zero attached hydrogens (tertiary/aromatic N) is 1. The van der Waals surface area contributed by atoms with E-state index in [9.17, 15) is 9.18 Å². The molecule has 3 N–H and O–H groups in total. The molecule has 0 saturated heterocycles. The van der Waals surface area contributed by atoms with Crippen LogP contribution in [-0.2, 0) is 16.0 Å². The van der Waals surface area contributed by atoms with Crippen molar-refractivity contribution in [2.45, 2.75) is 29.4 Å². The summed E-state index contributed by atoms with van der Waals surface area (Å²) in [6.45, 7) is 3.68. The number of rotatable bonds is 9. The Morgan fingerprint density at radius 2 is 2.25 bits per heavy atom. The minimum absolute atomic E-state index is 0.260. The fourth-order valence-corrected chi connectivity index (χ4v) is 4.34. The van der Waals surface area contributed by atoms with Crippen LogP contribution >= 0.6 is 34.7 Å². The number of carbonyl (C=O) groups is 1. The SMILES string of the molecule is CC(C)(Sc1nc(CCO/C=C/C=C(\N)c2ccc(Cl)cc2F)cs1)C(=O)O. The second-order valence-corrected chi connectivity index (χ2v) is 9.38. The Labute approximate surface area is 176 Å². The van der Waals surface area contributed by atoms with Crippen molar-refractivity contribution in [3.8, 4) is 0 Å². The molecule has 9 heteroatoms. The molecular formula is C19H20ClFN2O3S2. The number of allylic oxidation sites excluding steroid dienone is 2. The van der Waals surface area contributed by atoms with Gasteiger partial charge in [0.05, 0.1) is 18.6 Å². The normalized spacial score (nSPS) is 12.5. The van der Waals surface area contributed by atoms with Crippen molar-refractivity contribution >= 4 is 46.4 Å². The van der Waals surface area contributed by atoms with Crippen molar-refractivity contribution in [3.63, 3.8) is 0 Å². The second kappa shape index (κ2) is 9.95. The topological polar surface area (TPSA) is 85.4 Å². The molecule has 0 aliphatic heterocycles. The van der Waals surface area contributed by atoms with Gasteiger partial charge in [-0.1, -0.05) is 23.4 Å². The standard InChI is InChI=1S/C19H20ClFN2O3S2/c1-19(2,17(24)25)28-18-23-13(11-27-18)7-9-26-8-3-4-16(22)14-6-5-12(20)10-15(14)21/h3-6,8,10-11H,7,9,22H2,1-2H3,(H,24,25)/b8-3+,16-4-. The van der Waals surface area contributed by atoms with E-state index in [1.54, 1.807) is 26.0 Å². The summed E-state index contributed by atoms with van der Waals surface area (Å²) in [7, 11) is 0. The van der Waals surface area contributed by atoms with Crippen molar-refractivity contribution in [1.29, 1.82) is 0 Å². The van der Waals surface area contributed by atoms with Gasteiger partial charge in [0.1, 0.15) is 10.6 Å². The highest BCUT2D eigenvalue weighted by molar-refractivity contribution is 8.02. The first-order valence-electron chi connectivity index (χ1n) is 8.25. The van der Waals surface area contributed by atoms with Crippen LogP contribution in [0.15, 0.2) is 46.3 Å². The van der Waals surface area contributed by atoms with Crippen LogP contribution in [-0.4, -0.2) is 27.4 Å². The van der Waals surface area contributed by atoms with Crippen molar-refractivity contribution in [1.82, 2.24) is 4.98 Å². The van der Waals surface area contributed by atoms with Crippen LogP contribution in [0.2, 0.25) is 5.02 Å². The molecule has 0 atom stereocenters. The zero-order valence-electron chi connectivity index (χ0n) is 15.3. The highest BCUT2D eigenvalue weighted by Gasteiger charge is 2.29. The number of halogens is 2. The van der Waals surface area contributed by atoms with Crippen molar-refractivity contribution < 1.29 is 19.0 Å². The lowest BCUT2D eigenvalue weighted by Gasteiger charge is -2.15. The Bertz CT molecular complexity index is 897. The summed E-state index contributed by atoms with van der Waals surface area (Å²) in [4.78, 5) is 15.6. The Kier molecular flexibility index (Phi) is 7.91. The van der Waals surface area contributed by atoms with Crippen molar-refractivity contribution in [2.24, 2.45) is 5.73 Å². The van der Waals surface area contributed by atoms with E-state index in [0.717, 1.165) is 5.69 Å². The van der Waals surface area contributed by atoms with Crippen LogP contribution in [0.25, 0.3) is 5.70 Å². The van der Waals surface area contributed by atoms with Crippen LogP contribution in [0.4, 0.5) is 4.39 Å². The van der Waals surface area contributed by atoms with Gasteiger partial charge in [0.15, 0.2) is 4.34 Å². The molecule has 0 fully saturated rings. The fraction of sp³-hybridized carbons (Fsp3) is 0.263. The number of benzene rings is 1. The molecule has 28 heavy (non-hydrogen) atoms. The molecule has 2 aromatic rings. The molecule has 0 radical (unpaired) electrons. The van der Waals surface area contributed by atoms with E-state index in [1.807, 2.05) is 5.38 Å². The van der Waals surface area contributed by atoms with Gasteiger partial charge in [-0.3, -0.25) is 4.79 Å². The zero-order chi connectivity index (χ0) is 20.7. The first kappa shape index (κ1) is 22.3. The Balaban J connectivity index is 1.80. The number of ether oxygens (including phenoxy) is 1. The van der Waals surface area contributed by atoms with Gasteiger partial charge in [-0.25, -0.2) is 9.37 Å². The van der Waals surface area contributed by atoms with Crippen LogP contribution in [0.1, 0.15) is 25.1 Å². The molecule has 1 aromatic heterocycles. The summed E-state index contributed by atoms with van der Waals surface area (Å²) in [5, 5.41) is 11.4. The maximum Gasteiger partial charge on any atom is 0.319 e. The van der Waals surface area contributed by atoms with Crippen LogP contribution in [0.3, 0.4) is 0 Å². The zero-order valence-corrected chi connectivity index (χ0v) is 17.7. The molecule has 2 rings (SSSR count). The number of thiazole rings is 1. The second-order valence-electron chi connectivity index (χ2n) is 6.22. The monoisotopic (exact) mass is 442 g/mol. The third-order valence-electron chi connectivity index (χ3n) is 3.56. The third-order valence-corrected chi connectivity index (χ3v) is 5.96. The van der Waals surface area contributed by atoms with E-state index in [1.165, 1.54) is 47.6 Å². The van der Waals surface area contributed by atoms with E-state index in [2.05, 4.69) is 4.98 Å². The Hall–Kier alpha value is -2.03. The van der Waals surface area contributed by atoms with Crippen LogP contribution in [0.5, 0.6) is 0 Å². The predicted octanol–water partition coefficient (Wildman–Crippen LogP) is 4.96. The lowest BCUT2D eigenvalue weighted by molar-refractivity contribution is -0.138. The predicted molar refractivity (Wildman–Crippen MR) is 112 cm³/mol. The van der Waals surface area contributed by atoms with Gasteiger partial charge in [0.25, 0.3) is 0 Å². The van der Waals surface area contributed by atoms with Gasteiger partial charge in [-0.15, -0.1) is 11.3 Å². The average molecular weight is 443 g/mol. The minimum Gasteiger partial charge on any atom is -0.501 e. The number of aliphatic carboxylic acids is 1. The lowest BCUT2D eigenvalue weighted by atomic mass is 10.1. The summed E-state index contributed by atoms with van der Waals surface area (Å²) in [5.74, 6) is -1.37. The van der Waals surface area contributed by atoms with Crippen LogP contribution in [0, 0.1) is 5.82 Å². The molecule has 1 heterocycles. The highest BCUT2D eigenvalue weighted by Crippen LogP contribution is 2.34. The number of carboxylic acid groups (broad SMARTS) is 1. The van der Waals surface area contributed by atoms with Crippen LogP contribution < -0.4 is 5.73 Å². The number of thioether (sulfide) groups is 1. The molecule has 0 aliphatic carbocycles. The Morgan fingerprint density at radius 1 is 1.50 bits per heavy atom. The van der Waals surface area contributed by atoms with E-state index in [4.69, 9.17) is 27.2 Å². The smallest absolute Gasteiger partial charge is 0.319 e. The quantitative estimate of drug-likeness (QED) is 0.247. The molecule has 1 aromatic carbocycles. The third kappa shape index (κ3) is 6.54. The number of hydrogen-bond acceptors (Lipinski definition) is 6. The summed E-state index contributed by atoms with van der Waals surface area (Å²) >= 11 is 8.34. The van der Waals surface area contributed by atoms with E-state index in [-0.39, 0.29) is 11.3 Å². The molecule has 150 valence electrons.